The lowest BCUT2D eigenvalue weighted by molar-refractivity contribution is -0.387. The van der Waals surface area contributed by atoms with Crippen LogP contribution in [0.1, 0.15) is 129 Å². The zero-order valence-electron chi connectivity index (χ0n) is 56.9. The van der Waals surface area contributed by atoms with Crippen LogP contribution in [0.5, 0.6) is 34.5 Å². The Labute approximate surface area is 597 Å². The number of hydrogen-bond donors (Lipinski definition) is 5. The molecule has 1 aromatic heterocycles. The lowest BCUT2D eigenvalue weighted by Gasteiger charge is -2.44. The zero-order valence-corrected chi connectivity index (χ0v) is 56.9. The molecular weight excluding hydrogens is 1290 g/mol. The highest BCUT2D eigenvalue weighted by atomic mass is 19.1. The number of nitro groups is 1. The number of benzene rings is 7. The summed E-state index contributed by atoms with van der Waals surface area (Å²) in [5.74, 6) is 4.07. The molecule has 8 fully saturated rings. The minimum absolute atomic E-state index is 0. The first-order valence-electron chi connectivity index (χ1n) is 34.8. The number of nitro benzene ring substituents is 1. The van der Waals surface area contributed by atoms with Gasteiger partial charge in [-0.1, -0.05) is 63.4 Å². The minimum atomic E-state index is -0.931. The normalized spacial score (nSPS) is 25.0. The van der Waals surface area contributed by atoms with Gasteiger partial charge in [0.25, 0.3) is 0 Å². The number of fused-ring (bicyclic) bond motifs is 12. The first-order valence-corrected chi connectivity index (χ1v) is 34.8. The fourth-order valence-electron chi connectivity index (χ4n) is 16.8. The van der Waals surface area contributed by atoms with Crippen molar-refractivity contribution in [2.75, 3.05) is 49.0 Å². The van der Waals surface area contributed by atoms with Gasteiger partial charge >= 0.3 is 5.69 Å². The van der Waals surface area contributed by atoms with E-state index < -0.39 is 16.4 Å². The molecule has 8 aromatic rings. The fourth-order valence-corrected chi connectivity index (χ4v) is 16.8. The Bertz CT molecular complexity index is 4240. The summed E-state index contributed by atoms with van der Waals surface area (Å²) in [6.07, 6.45) is 19.2. The van der Waals surface area contributed by atoms with Gasteiger partial charge in [0.05, 0.1) is 62.3 Å². The number of phenolic OH excluding ortho intramolecular Hbond substituents is 2. The molecule has 10 aliphatic heterocycles. The van der Waals surface area contributed by atoms with E-state index in [0.717, 1.165) is 94.1 Å². The van der Waals surface area contributed by atoms with Crippen molar-refractivity contribution in [2.45, 2.75) is 184 Å². The molecule has 22 nitrogen and oxygen atoms in total. The van der Waals surface area contributed by atoms with Crippen LogP contribution < -0.4 is 30.3 Å². The second-order valence-corrected chi connectivity index (χ2v) is 27.9. The van der Waals surface area contributed by atoms with E-state index in [4.69, 9.17) is 25.6 Å². The van der Waals surface area contributed by atoms with Gasteiger partial charge in [0.15, 0.2) is 23.0 Å². The topological polar surface area (TPSA) is 279 Å². The summed E-state index contributed by atoms with van der Waals surface area (Å²) >= 11 is 0. The summed E-state index contributed by atoms with van der Waals surface area (Å²) in [5.41, 5.74) is 12.0. The van der Waals surface area contributed by atoms with Gasteiger partial charge in [-0.3, -0.25) is 19.8 Å². The number of aromatic nitrogens is 4. The van der Waals surface area contributed by atoms with Crippen molar-refractivity contribution in [3.05, 3.63) is 179 Å². The number of phenols is 2. The van der Waals surface area contributed by atoms with E-state index in [9.17, 15) is 29.7 Å². The number of ketones is 1. The molecule has 7 aromatic carbocycles. The predicted molar refractivity (Wildman–Crippen MR) is 395 cm³/mol. The van der Waals surface area contributed by atoms with Gasteiger partial charge in [-0.2, -0.15) is 20.1 Å². The summed E-state index contributed by atoms with van der Waals surface area (Å²) in [7, 11) is 8.96. The molecule has 534 valence electrons. The number of carbonyl (C=O) groups is 1. The molecule has 6 N–H and O–H groups in total. The Morgan fingerprint density at radius 3 is 1.46 bits per heavy atom. The number of aromatic amines is 1. The average molecular weight is 1380 g/mol. The summed E-state index contributed by atoms with van der Waals surface area (Å²) in [6.45, 7) is 0. The number of halogens is 1. The Kier molecular flexibility index (Phi) is 23.1. The minimum Gasteiger partial charge on any atom is -0.506 e. The second kappa shape index (κ2) is 32.2. The number of aromatic hydroxyl groups is 2. The van der Waals surface area contributed by atoms with E-state index in [1.54, 1.807) is 36.4 Å². The van der Waals surface area contributed by atoms with Crippen molar-refractivity contribution >= 4 is 45.6 Å². The molecule has 0 amide bonds. The Morgan fingerprint density at radius 2 is 0.980 bits per heavy atom. The number of ether oxygens (including phenoxy) is 2. The molecule has 11 heterocycles. The van der Waals surface area contributed by atoms with Crippen LogP contribution in [0.25, 0.3) is 11.4 Å². The maximum atomic E-state index is 12.6. The number of anilines is 6. The number of H-pyrrole nitrogens is 1. The molecule has 8 atom stereocenters. The summed E-state index contributed by atoms with van der Waals surface area (Å²) in [5, 5.41) is 64.2. The van der Waals surface area contributed by atoms with Crippen LogP contribution in [-0.4, -0.2) is 156 Å². The number of nitrogens with zero attached hydrogens (tertiary/aromatic N) is 12. The highest BCUT2D eigenvalue weighted by molar-refractivity contribution is 5.82. The number of Topliss-reactive ketones (excluding diaryl/α,β-unsaturated/α-hetero) is 1. The highest BCUT2D eigenvalue weighted by Crippen LogP contribution is 2.53. The third kappa shape index (κ3) is 15.8. The number of nitrogens with one attached hydrogen (secondary N) is 2. The van der Waals surface area contributed by atoms with Crippen molar-refractivity contribution in [1.82, 2.24) is 40.2 Å². The molecule has 102 heavy (non-hydrogen) atoms. The molecule has 0 spiro atoms. The first kappa shape index (κ1) is 73.1. The lowest BCUT2D eigenvalue weighted by atomic mass is 9.94. The maximum Gasteiger partial charge on any atom is 0.306 e. The van der Waals surface area contributed by atoms with Gasteiger partial charge in [0.2, 0.25) is 11.6 Å². The SMILES string of the molecule is C.C.CN1C2CCC1CC(=O)C2.CN1C2CCC1CC(N1c3ccccc3Oc3cc(-c4nn[nH]n4)ccc31)C2.CN1C2CCC1CC(N1c3ccccc3Oc3cc(C#N)ccc31)C2.CN1C2CCC1CC(Nc1ccccc1O)C2.N#Cc1ccc(F)c([N+](=O)[O-])c1.Nc1ccccc1O. The monoisotopic (exact) mass is 1380 g/mol. The molecule has 10 aliphatic rings. The number of nitrogens with two attached hydrogens (primary N) is 1. The van der Waals surface area contributed by atoms with Crippen LogP contribution >= 0.6 is 0 Å². The quantitative estimate of drug-likeness (QED) is 0.0448. The number of carbonyl (C=O) groups excluding carboxylic acids is 1. The molecule has 8 saturated heterocycles. The van der Waals surface area contributed by atoms with Gasteiger partial charge in [-0.15, -0.1) is 10.2 Å². The molecular formula is C79H94FN15O7. The summed E-state index contributed by atoms with van der Waals surface area (Å²) in [6, 6.07) is 56.6. The number of nitriles is 2. The number of rotatable bonds is 6. The number of para-hydroxylation sites is 8. The van der Waals surface area contributed by atoms with Crippen LogP contribution in [0.4, 0.5) is 44.2 Å². The van der Waals surface area contributed by atoms with Crippen LogP contribution in [0.3, 0.4) is 0 Å². The molecule has 0 radical (unpaired) electrons. The number of hydrogen-bond acceptors (Lipinski definition) is 20. The van der Waals surface area contributed by atoms with Crippen molar-refractivity contribution in [1.29, 1.82) is 10.5 Å². The molecule has 0 saturated carbocycles. The second-order valence-electron chi connectivity index (χ2n) is 27.9. The van der Waals surface area contributed by atoms with E-state index in [1.165, 1.54) is 96.0 Å². The Hall–Kier alpha value is -10.2. The Balaban J connectivity index is 0.000000129. The molecule has 8 unspecified atom stereocenters. The van der Waals surface area contributed by atoms with Crippen molar-refractivity contribution in [3.63, 3.8) is 0 Å². The standard InChI is InChI=1S/C21H22N6O.C21H21N3O.C14H20N2O.C8H13NO.C7H3FN2O2.C6H7NO.2CH4/c1-26-14-7-8-15(26)12-16(11-14)27-17-4-2-3-5-19(17)28-20-10-13(6-9-18(20)27)21-22-24-25-23-21;1-23-15-7-8-16(23)12-17(11-15)24-18-4-2-3-5-20(18)25-21-10-14(13-22)6-9-19(21)24;1-16-11-6-7-12(16)9-10(8-11)15-13-4-2-3-5-14(13)17;1-9-6-2-3-7(9)5-8(10)4-6;8-6-2-1-5(4-9)3-7(6)10(11)12;7-5-3-1-2-4-6(5)8;;/h2-6,9-10,14-16H,7-8,11-12H2,1H3,(H,22,23,24,25);2-6,9-10,15-17H,7-8,11-12H2,1H3;2-5,10-12,15,17H,6-9H2,1H3;6-7H,2-5H2,1H3;1-3H;1-4,8H,7H2;2*1H4. The third-order valence-electron chi connectivity index (χ3n) is 22.2. The molecule has 0 aliphatic carbocycles. The van der Waals surface area contributed by atoms with E-state index in [1.807, 2.05) is 60.7 Å². The highest BCUT2D eigenvalue weighted by Gasteiger charge is 2.45. The summed E-state index contributed by atoms with van der Waals surface area (Å²) < 4.78 is 25.0. The van der Waals surface area contributed by atoms with Crippen LogP contribution in [-0.2, 0) is 4.79 Å². The smallest absolute Gasteiger partial charge is 0.306 e. The van der Waals surface area contributed by atoms with Crippen molar-refractivity contribution in [2.24, 2.45) is 0 Å². The number of piperidine rings is 4. The van der Waals surface area contributed by atoms with Gasteiger partial charge < -0.3 is 55.2 Å². The van der Waals surface area contributed by atoms with E-state index in [2.05, 4.69) is 132 Å². The average Bonchev–Trinajstić information content (AvgIpc) is 1.05. The fraction of sp³-hybridized carbons (Fsp3) is 0.418. The van der Waals surface area contributed by atoms with Crippen molar-refractivity contribution in [3.8, 4) is 58.0 Å². The third-order valence-corrected chi connectivity index (χ3v) is 22.2. The van der Waals surface area contributed by atoms with Crippen LogP contribution in [0.15, 0.2) is 152 Å². The van der Waals surface area contributed by atoms with E-state index in [0.29, 0.717) is 83.0 Å². The maximum absolute atomic E-state index is 12.6. The first-order chi connectivity index (χ1) is 48.5. The predicted octanol–water partition coefficient (Wildman–Crippen LogP) is 15.3. The van der Waals surface area contributed by atoms with Crippen molar-refractivity contribution < 1.29 is 33.8 Å². The van der Waals surface area contributed by atoms with Crippen LogP contribution in [0, 0.1) is 38.6 Å². The van der Waals surface area contributed by atoms with E-state index in [-0.39, 0.29) is 26.2 Å². The lowest BCUT2D eigenvalue weighted by Crippen LogP contribution is -2.48. The summed E-state index contributed by atoms with van der Waals surface area (Å²) in [4.78, 5) is 35.4. The zero-order chi connectivity index (χ0) is 69.7. The molecule has 18 rings (SSSR count). The van der Waals surface area contributed by atoms with Gasteiger partial charge in [0.1, 0.15) is 17.3 Å². The number of tetrazole rings is 1. The largest absolute Gasteiger partial charge is 0.506 e. The van der Waals surface area contributed by atoms with Crippen LogP contribution in [0.2, 0.25) is 0 Å². The molecule has 23 heteroatoms. The number of nitrogen functional groups attached to an aromatic ring is 1. The van der Waals surface area contributed by atoms with Gasteiger partial charge in [-0.25, -0.2) is 0 Å². The molecule has 8 bridgehead atoms. The Morgan fingerprint density at radius 1 is 0.549 bits per heavy atom. The van der Waals surface area contributed by atoms with Gasteiger partial charge in [0, 0.05) is 97.0 Å². The van der Waals surface area contributed by atoms with Gasteiger partial charge in [-0.05, 0) is 214 Å². The van der Waals surface area contributed by atoms with E-state index >= 15 is 0 Å².